The van der Waals surface area contributed by atoms with Gasteiger partial charge in [0.25, 0.3) is 5.95 Å². The Morgan fingerprint density at radius 2 is 1.57 bits per heavy atom. The molecule has 1 aromatic heterocycles. The largest absolute Gasteiger partial charge is 0.469 e. The van der Waals surface area contributed by atoms with Gasteiger partial charge in [-0.2, -0.15) is 44.3 Å². The van der Waals surface area contributed by atoms with Gasteiger partial charge in [-0.05, 0) is 72.5 Å². The monoisotopic (exact) mass is 734 g/mol. The second kappa shape index (κ2) is 14.1. The standard InChI is InChI=1S/C27H28F9N6O6P/c1-3-19-13-22(20-12-16(25(28,29)30)5-6-21(20)42(19)24(43)47-4-2)40(23-37-39-41(38-23)7-8-48-49(44,45)46)14-15-9-17(26(31,32)33)11-18(10-15)27(34,35)36/h5-6,9-12,19,22H,3-4,7-8,13-14H2,1-2H3,(H2,44,45,46). The van der Waals surface area contributed by atoms with Crippen LogP contribution in [-0.2, 0) is 45.4 Å². The molecule has 0 fully saturated rings. The number of alkyl halides is 9. The van der Waals surface area contributed by atoms with Crippen LogP contribution in [0.2, 0.25) is 0 Å². The molecule has 2 heterocycles. The van der Waals surface area contributed by atoms with Crippen LogP contribution in [0.3, 0.4) is 0 Å². The Morgan fingerprint density at radius 3 is 2.10 bits per heavy atom. The topological polar surface area (TPSA) is 143 Å². The molecule has 2 aromatic carbocycles. The molecule has 12 nitrogen and oxygen atoms in total. The minimum atomic E-state index is -5.21. The van der Waals surface area contributed by atoms with Gasteiger partial charge in [-0.3, -0.25) is 9.42 Å². The summed E-state index contributed by atoms with van der Waals surface area (Å²) in [6.07, 6.45) is -16.3. The van der Waals surface area contributed by atoms with Crippen molar-refractivity contribution in [3.63, 3.8) is 0 Å². The van der Waals surface area contributed by atoms with Crippen LogP contribution >= 0.6 is 7.82 Å². The number of carbonyl (C=O) groups excluding carboxylic acids is 1. The number of hydrogen-bond donors (Lipinski definition) is 2. The average molecular weight is 735 g/mol. The Bertz CT molecular complexity index is 1660. The molecular weight excluding hydrogens is 706 g/mol. The molecule has 1 aliphatic rings. The molecule has 22 heteroatoms. The van der Waals surface area contributed by atoms with E-state index in [0.29, 0.717) is 24.3 Å². The van der Waals surface area contributed by atoms with E-state index in [-0.39, 0.29) is 36.8 Å². The first-order valence-corrected chi connectivity index (χ1v) is 15.9. The van der Waals surface area contributed by atoms with Crippen molar-refractivity contribution in [2.45, 2.75) is 70.4 Å². The number of aromatic nitrogens is 4. The third-order valence-electron chi connectivity index (χ3n) is 7.40. The summed E-state index contributed by atoms with van der Waals surface area (Å²) in [7, 11) is -4.92. The van der Waals surface area contributed by atoms with Crippen molar-refractivity contribution in [1.82, 2.24) is 20.2 Å². The van der Waals surface area contributed by atoms with Crippen molar-refractivity contribution in [2.24, 2.45) is 0 Å². The number of amides is 1. The van der Waals surface area contributed by atoms with E-state index in [0.717, 1.165) is 20.7 Å². The van der Waals surface area contributed by atoms with E-state index in [4.69, 9.17) is 14.5 Å². The van der Waals surface area contributed by atoms with Crippen LogP contribution in [0, 0.1) is 0 Å². The number of ether oxygens (including phenoxy) is 1. The number of nitrogens with zero attached hydrogens (tertiary/aromatic N) is 6. The maximum Gasteiger partial charge on any atom is 0.469 e. The van der Waals surface area contributed by atoms with Gasteiger partial charge in [-0.1, -0.05) is 12.0 Å². The third kappa shape index (κ3) is 9.20. The SMILES string of the molecule is CCOC(=O)N1c2ccc(C(F)(F)F)cc2C(N(Cc2cc(C(F)(F)F)cc(C(F)(F)F)c2)c2nnn(CCOP(=O)(O)O)n2)CC1CC. The van der Waals surface area contributed by atoms with Gasteiger partial charge in [-0.25, -0.2) is 9.36 Å². The lowest BCUT2D eigenvalue weighted by molar-refractivity contribution is -0.143. The van der Waals surface area contributed by atoms with Crippen molar-refractivity contribution >= 4 is 25.6 Å². The first-order chi connectivity index (χ1) is 22.6. The average Bonchev–Trinajstić information content (AvgIpc) is 3.45. The van der Waals surface area contributed by atoms with Crippen LogP contribution in [0.5, 0.6) is 0 Å². The summed E-state index contributed by atoms with van der Waals surface area (Å²) in [5, 5.41) is 11.6. The number of hydrogen-bond acceptors (Lipinski definition) is 8. The molecule has 3 aromatic rings. The van der Waals surface area contributed by atoms with Crippen LogP contribution < -0.4 is 9.80 Å². The molecule has 2 unspecified atom stereocenters. The van der Waals surface area contributed by atoms with Crippen LogP contribution in [0.1, 0.15) is 60.5 Å². The predicted molar refractivity (Wildman–Crippen MR) is 151 cm³/mol. The highest BCUT2D eigenvalue weighted by atomic mass is 31.2. The van der Waals surface area contributed by atoms with E-state index in [9.17, 15) is 48.9 Å². The van der Waals surface area contributed by atoms with E-state index in [2.05, 4.69) is 19.9 Å². The molecule has 0 radical (unpaired) electrons. The normalized spacial score (nSPS) is 17.2. The molecule has 0 saturated carbocycles. The molecule has 49 heavy (non-hydrogen) atoms. The molecule has 0 bridgehead atoms. The molecular formula is C27H28F9N6O6P. The van der Waals surface area contributed by atoms with Crippen LogP contribution in [0.15, 0.2) is 36.4 Å². The fraction of sp³-hybridized carbons (Fsp3) is 0.481. The molecule has 0 spiro atoms. The highest BCUT2D eigenvalue weighted by Crippen LogP contribution is 2.46. The van der Waals surface area contributed by atoms with E-state index < -0.39 is 92.4 Å². The predicted octanol–water partition coefficient (Wildman–Crippen LogP) is 6.73. The highest BCUT2D eigenvalue weighted by Gasteiger charge is 2.43. The molecule has 2 N–H and O–H groups in total. The van der Waals surface area contributed by atoms with Crippen LogP contribution in [0.25, 0.3) is 0 Å². The Labute approximate surface area is 271 Å². The summed E-state index contributed by atoms with van der Waals surface area (Å²) in [5.74, 6) is -0.477. The number of tetrazole rings is 1. The second-order valence-corrected chi connectivity index (χ2v) is 11.9. The number of benzene rings is 2. The Hall–Kier alpha value is -3.94. The summed E-state index contributed by atoms with van der Waals surface area (Å²) in [6.45, 7) is 1.13. The number of phosphoric acid groups is 1. The summed E-state index contributed by atoms with van der Waals surface area (Å²) in [4.78, 5) is 33.8. The first-order valence-electron chi connectivity index (χ1n) is 14.3. The maximum absolute atomic E-state index is 14.0. The van der Waals surface area contributed by atoms with Gasteiger partial charge < -0.3 is 19.4 Å². The summed E-state index contributed by atoms with van der Waals surface area (Å²) >= 11 is 0. The number of anilines is 2. The number of rotatable bonds is 10. The van der Waals surface area contributed by atoms with E-state index in [1.807, 2.05) is 0 Å². The van der Waals surface area contributed by atoms with Gasteiger partial charge >= 0.3 is 32.4 Å². The van der Waals surface area contributed by atoms with E-state index in [1.165, 1.54) is 6.92 Å². The van der Waals surface area contributed by atoms with Crippen molar-refractivity contribution in [1.29, 1.82) is 0 Å². The van der Waals surface area contributed by atoms with Crippen molar-refractivity contribution in [3.05, 3.63) is 64.2 Å². The van der Waals surface area contributed by atoms with Gasteiger partial charge in [0.2, 0.25) is 0 Å². The molecule has 1 amide bonds. The van der Waals surface area contributed by atoms with Crippen molar-refractivity contribution in [2.75, 3.05) is 23.0 Å². The summed E-state index contributed by atoms with van der Waals surface area (Å²) in [5.41, 5.74) is -5.30. The molecule has 0 saturated heterocycles. The fourth-order valence-electron chi connectivity index (χ4n) is 5.30. The lowest BCUT2D eigenvalue weighted by atomic mass is 9.87. The zero-order valence-corrected chi connectivity index (χ0v) is 26.3. The molecule has 270 valence electrons. The fourth-order valence-corrected chi connectivity index (χ4v) is 5.62. The van der Waals surface area contributed by atoms with Crippen LogP contribution in [0.4, 0.5) is 55.9 Å². The molecule has 1 aliphatic heterocycles. The van der Waals surface area contributed by atoms with Gasteiger partial charge in [0.15, 0.2) is 0 Å². The zero-order valence-electron chi connectivity index (χ0n) is 25.4. The number of carbonyl (C=O) groups is 1. The van der Waals surface area contributed by atoms with E-state index >= 15 is 0 Å². The lowest BCUT2D eigenvalue weighted by Gasteiger charge is -2.43. The summed E-state index contributed by atoms with van der Waals surface area (Å²) in [6, 6.07) is 1.13. The van der Waals surface area contributed by atoms with Gasteiger partial charge in [0.05, 0.1) is 48.2 Å². The van der Waals surface area contributed by atoms with Crippen molar-refractivity contribution < 1.29 is 67.9 Å². The van der Waals surface area contributed by atoms with E-state index in [1.54, 1.807) is 6.92 Å². The lowest BCUT2D eigenvalue weighted by Crippen LogP contribution is -2.48. The smallest absolute Gasteiger partial charge is 0.449 e. The minimum absolute atomic E-state index is 0.0676. The summed E-state index contributed by atoms with van der Waals surface area (Å²) < 4.78 is 145. The Kier molecular flexibility index (Phi) is 10.9. The molecule has 2 atom stereocenters. The third-order valence-corrected chi connectivity index (χ3v) is 7.92. The number of halogens is 9. The van der Waals surface area contributed by atoms with Crippen LogP contribution in [-0.4, -0.2) is 55.3 Å². The maximum atomic E-state index is 14.0. The highest BCUT2D eigenvalue weighted by molar-refractivity contribution is 7.46. The quantitative estimate of drug-likeness (QED) is 0.170. The number of fused-ring (bicyclic) bond motifs is 1. The van der Waals surface area contributed by atoms with Gasteiger partial charge in [-0.15, -0.1) is 5.10 Å². The Morgan fingerprint density at radius 1 is 0.959 bits per heavy atom. The van der Waals surface area contributed by atoms with Gasteiger partial charge in [0.1, 0.15) is 0 Å². The molecule has 4 rings (SSSR count). The Balaban J connectivity index is 1.92. The molecule has 0 aliphatic carbocycles. The number of phosphoric ester groups is 1. The van der Waals surface area contributed by atoms with Gasteiger partial charge in [0, 0.05) is 12.6 Å². The minimum Gasteiger partial charge on any atom is -0.449 e. The second-order valence-electron chi connectivity index (χ2n) is 10.7. The zero-order chi connectivity index (χ0) is 36.5. The van der Waals surface area contributed by atoms with Crippen molar-refractivity contribution in [3.8, 4) is 0 Å². The first kappa shape index (κ1) is 37.9.